The third-order valence-corrected chi connectivity index (χ3v) is 3.60. The third-order valence-electron chi connectivity index (χ3n) is 3.60. The number of hydrogen-bond acceptors (Lipinski definition) is 4. The van der Waals surface area contributed by atoms with E-state index in [2.05, 4.69) is 6.92 Å². The molecule has 1 aromatic rings. The highest BCUT2D eigenvalue weighted by atomic mass is 16.5. The number of esters is 1. The molecule has 0 heterocycles. The number of carbonyl (C=O) groups excluding carboxylic acids is 1. The number of carbonyl (C=O) groups is 3. The highest BCUT2D eigenvalue weighted by molar-refractivity contribution is 6.02. The van der Waals surface area contributed by atoms with Crippen LogP contribution < -0.4 is 0 Å². The smallest absolute Gasteiger partial charge is 0.336 e. The van der Waals surface area contributed by atoms with Gasteiger partial charge in [0.25, 0.3) is 0 Å². The van der Waals surface area contributed by atoms with Gasteiger partial charge in [0.15, 0.2) is 0 Å². The minimum atomic E-state index is -1.34. The van der Waals surface area contributed by atoms with E-state index < -0.39 is 23.8 Å². The Morgan fingerprint density at radius 1 is 1.04 bits per heavy atom. The standard InChI is InChI=1S/C17H22O6/c1-3-4-5-6-9-23-17(22)11(2)12-7-8-13(15(18)19)14(10-12)16(20)21/h7-8,10-11H,3-6,9H2,1-2H3,(H,18,19)(H,20,21)/t11-/m1/s1. The van der Waals surface area contributed by atoms with Gasteiger partial charge in [-0.15, -0.1) is 0 Å². The minimum Gasteiger partial charge on any atom is -0.478 e. The summed E-state index contributed by atoms with van der Waals surface area (Å²) in [4.78, 5) is 34.2. The SMILES string of the molecule is CCCCCCOC(=O)[C@H](C)c1ccc(C(=O)O)c(C(=O)O)c1. The molecule has 2 N–H and O–H groups in total. The molecule has 126 valence electrons. The first-order valence-electron chi connectivity index (χ1n) is 7.65. The molecule has 1 rings (SSSR count). The average Bonchev–Trinajstić information content (AvgIpc) is 2.52. The van der Waals surface area contributed by atoms with Gasteiger partial charge in [-0.05, 0) is 31.0 Å². The monoisotopic (exact) mass is 322 g/mol. The fourth-order valence-electron chi connectivity index (χ4n) is 2.16. The molecule has 0 saturated heterocycles. The van der Waals surface area contributed by atoms with Crippen LogP contribution >= 0.6 is 0 Å². The van der Waals surface area contributed by atoms with Crippen molar-refractivity contribution in [3.63, 3.8) is 0 Å². The molecule has 0 aliphatic heterocycles. The van der Waals surface area contributed by atoms with Crippen molar-refractivity contribution in [2.45, 2.75) is 45.4 Å². The molecule has 0 saturated carbocycles. The van der Waals surface area contributed by atoms with Gasteiger partial charge < -0.3 is 14.9 Å². The second-order valence-corrected chi connectivity index (χ2v) is 5.37. The van der Waals surface area contributed by atoms with Crippen molar-refractivity contribution < 1.29 is 29.3 Å². The highest BCUT2D eigenvalue weighted by Gasteiger charge is 2.22. The number of hydrogen-bond donors (Lipinski definition) is 2. The summed E-state index contributed by atoms with van der Waals surface area (Å²) < 4.78 is 5.18. The van der Waals surface area contributed by atoms with Gasteiger partial charge in [-0.1, -0.05) is 32.3 Å². The number of carboxylic acid groups (broad SMARTS) is 2. The maximum absolute atomic E-state index is 12.0. The van der Waals surface area contributed by atoms with Crippen molar-refractivity contribution in [3.8, 4) is 0 Å². The van der Waals surface area contributed by atoms with Crippen LogP contribution in [-0.2, 0) is 9.53 Å². The summed E-state index contributed by atoms with van der Waals surface area (Å²) in [5, 5.41) is 18.1. The summed E-state index contributed by atoms with van der Waals surface area (Å²) >= 11 is 0. The van der Waals surface area contributed by atoms with Crippen LogP contribution in [0.15, 0.2) is 18.2 Å². The van der Waals surface area contributed by atoms with Crippen LogP contribution in [0.4, 0.5) is 0 Å². The lowest BCUT2D eigenvalue weighted by molar-refractivity contribution is -0.145. The summed E-state index contributed by atoms with van der Waals surface area (Å²) in [5.41, 5.74) is -0.218. The van der Waals surface area contributed by atoms with Crippen LogP contribution in [-0.4, -0.2) is 34.7 Å². The Morgan fingerprint density at radius 3 is 2.26 bits per heavy atom. The zero-order valence-corrected chi connectivity index (χ0v) is 13.4. The van der Waals surface area contributed by atoms with Crippen LogP contribution in [0.1, 0.15) is 71.7 Å². The fraction of sp³-hybridized carbons (Fsp3) is 0.471. The predicted molar refractivity (Wildman–Crippen MR) is 83.9 cm³/mol. The lowest BCUT2D eigenvalue weighted by Gasteiger charge is -2.13. The molecular weight excluding hydrogens is 300 g/mol. The molecule has 6 heteroatoms. The summed E-state index contributed by atoms with van der Waals surface area (Å²) in [6, 6.07) is 3.86. The Bertz CT molecular complexity index is 578. The van der Waals surface area contributed by atoms with Gasteiger partial charge in [-0.3, -0.25) is 4.79 Å². The maximum atomic E-state index is 12.0. The molecule has 6 nitrogen and oxygen atoms in total. The highest BCUT2D eigenvalue weighted by Crippen LogP contribution is 2.21. The van der Waals surface area contributed by atoms with Crippen molar-refractivity contribution >= 4 is 17.9 Å². The second kappa shape index (κ2) is 8.92. The van der Waals surface area contributed by atoms with E-state index in [-0.39, 0.29) is 11.1 Å². The van der Waals surface area contributed by atoms with Gasteiger partial charge in [-0.2, -0.15) is 0 Å². The number of ether oxygens (including phenoxy) is 1. The first-order valence-corrected chi connectivity index (χ1v) is 7.65. The maximum Gasteiger partial charge on any atom is 0.336 e. The molecule has 0 aliphatic rings. The van der Waals surface area contributed by atoms with Gasteiger partial charge in [0.2, 0.25) is 0 Å². The van der Waals surface area contributed by atoms with Crippen molar-refractivity contribution in [2.24, 2.45) is 0 Å². The Hall–Kier alpha value is -2.37. The van der Waals surface area contributed by atoms with E-state index in [4.69, 9.17) is 14.9 Å². The molecule has 23 heavy (non-hydrogen) atoms. The lowest BCUT2D eigenvalue weighted by atomic mass is 9.96. The Balaban J connectivity index is 2.77. The van der Waals surface area contributed by atoms with E-state index >= 15 is 0 Å². The predicted octanol–water partition coefficient (Wildman–Crippen LogP) is 3.31. The van der Waals surface area contributed by atoms with E-state index in [0.29, 0.717) is 12.2 Å². The molecule has 1 aromatic carbocycles. The summed E-state index contributed by atoms with van der Waals surface area (Å²) in [6.07, 6.45) is 3.98. The quantitative estimate of drug-likeness (QED) is 0.534. The number of rotatable bonds is 9. The van der Waals surface area contributed by atoms with Crippen LogP contribution in [0.3, 0.4) is 0 Å². The lowest BCUT2D eigenvalue weighted by Crippen LogP contribution is -2.16. The molecular formula is C17H22O6. The molecule has 0 aromatic heterocycles. The van der Waals surface area contributed by atoms with Gasteiger partial charge in [0.1, 0.15) is 0 Å². The number of unbranched alkanes of at least 4 members (excludes halogenated alkanes) is 3. The molecule has 0 radical (unpaired) electrons. The van der Waals surface area contributed by atoms with Gasteiger partial charge >= 0.3 is 17.9 Å². The van der Waals surface area contributed by atoms with Gasteiger partial charge in [-0.25, -0.2) is 9.59 Å². The Labute approximate surface area is 135 Å². The van der Waals surface area contributed by atoms with Crippen LogP contribution in [0.2, 0.25) is 0 Å². The van der Waals surface area contributed by atoms with Crippen molar-refractivity contribution in [2.75, 3.05) is 6.61 Å². The average molecular weight is 322 g/mol. The normalized spacial score (nSPS) is 11.7. The molecule has 1 atom stereocenters. The number of aromatic carboxylic acids is 2. The summed E-state index contributed by atoms with van der Waals surface area (Å²) in [5.74, 6) is -3.76. The molecule has 0 amide bonds. The Morgan fingerprint density at radius 2 is 1.70 bits per heavy atom. The summed E-state index contributed by atoms with van der Waals surface area (Å²) in [6.45, 7) is 4.03. The molecule has 0 aliphatic carbocycles. The van der Waals surface area contributed by atoms with Crippen molar-refractivity contribution in [3.05, 3.63) is 34.9 Å². The van der Waals surface area contributed by atoms with E-state index in [1.54, 1.807) is 6.92 Å². The molecule has 0 unspecified atom stereocenters. The van der Waals surface area contributed by atoms with Crippen LogP contribution in [0, 0.1) is 0 Å². The Kier molecular flexibility index (Phi) is 7.25. The summed E-state index contributed by atoms with van der Waals surface area (Å²) in [7, 11) is 0. The zero-order valence-electron chi connectivity index (χ0n) is 13.4. The zero-order chi connectivity index (χ0) is 17.4. The van der Waals surface area contributed by atoms with Crippen molar-refractivity contribution in [1.29, 1.82) is 0 Å². The minimum absolute atomic E-state index is 0.304. The van der Waals surface area contributed by atoms with E-state index in [1.807, 2.05) is 0 Å². The van der Waals surface area contributed by atoms with Crippen LogP contribution in [0.25, 0.3) is 0 Å². The van der Waals surface area contributed by atoms with Crippen LogP contribution in [0.5, 0.6) is 0 Å². The number of carboxylic acids is 2. The molecule has 0 spiro atoms. The van der Waals surface area contributed by atoms with E-state index in [1.165, 1.54) is 18.2 Å². The number of benzene rings is 1. The molecule has 0 bridgehead atoms. The molecule has 0 fully saturated rings. The van der Waals surface area contributed by atoms with Gasteiger partial charge in [0, 0.05) is 0 Å². The first kappa shape index (κ1) is 18.7. The van der Waals surface area contributed by atoms with E-state index in [9.17, 15) is 14.4 Å². The third kappa shape index (κ3) is 5.39. The van der Waals surface area contributed by atoms with Crippen molar-refractivity contribution in [1.82, 2.24) is 0 Å². The fourth-order valence-corrected chi connectivity index (χ4v) is 2.16. The largest absolute Gasteiger partial charge is 0.478 e. The topological polar surface area (TPSA) is 101 Å². The van der Waals surface area contributed by atoms with E-state index in [0.717, 1.165) is 25.7 Å². The first-order chi connectivity index (χ1) is 10.9. The second-order valence-electron chi connectivity index (χ2n) is 5.37. The van der Waals surface area contributed by atoms with Gasteiger partial charge in [0.05, 0.1) is 23.7 Å².